The van der Waals surface area contributed by atoms with E-state index in [-0.39, 0.29) is 0 Å². The van der Waals surface area contributed by atoms with Gasteiger partial charge in [-0.3, -0.25) is 0 Å². The average molecular weight is 277 g/mol. The number of nitrogens with one attached hydrogen (secondary N) is 1. The Morgan fingerprint density at radius 1 is 1.10 bits per heavy atom. The highest BCUT2D eigenvalue weighted by molar-refractivity contribution is 5.27. The highest BCUT2D eigenvalue weighted by Crippen LogP contribution is 2.14. The molecule has 0 aliphatic carbocycles. The lowest BCUT2D eigenvalue weighted by Crippen LogP contribution is -2.30. The van der Waals surface area contributed by atoms with Gasteiger partial charge >= 0.3 is 0 Å². The Balaban J connectivity index is 2.24. The lowest BCUT2D eigenvalue weighted by atomic mass is 10.0. The van der Waals surface area contributed by atoms with Crippen LogP contribution in [-0.4, -0.2) is 19.2 Å². The maximum Gasteiger partial charge on any atom is 0.119 e. The molecule has 0 fully saturated rings. The number of ether oxygens (including phenoxy) is 1. The van der Waals surface area contributed by atoms with Gasteiger partial charge in [0.2, 0.25) is 0 Å². The zero-order valence-electron chi connectivity index (χ0n) is 13.5. The van der Waals surface area contributed by atoms with Gasteiger partial charge in [0, 0.05) is 6.04 Å². The first-order valence-corrected chi connectivity index (χ1v) is 8.19. The van der Waals surface area contributed by atoms with E-state index < -0.39 is 0 Å². The molecule has 0 saturated carbocycles. The maximum absolute atomic E-state index is 5.85. The molecule has 2 heteroatoms. The van der Waals surface area contributed by atoms with E-state index in [9.17, 15) is 0 Å². The predicted molar refractivity (Wildman–Crippen MR) is 87.5 cm³/mol. The van der Waals surface area contributed by atoms with Crippen molar-refractivity contribution in [3.63, 3.8) is 0 Å². The van der Waals surface area contributed by atoms with E-state index in [1.165, 1.54) is 37.7 Å². The Bertz CT molecular complexity index is 351. The third-order valence-electron chi connectivity index (χ3n) is 3.62. The fourth-order valence-corrected chi connectivity index (χ4v) is 2.48. The summed E-state index contributed by atoms with van der Waals surface area (Å²) in [5, 5.41) is 3.58. The Kier molecular flexibility index (Phi) is 9.14. The van der Waals surface area contributed by atoms with Gasteiger partial charge in [-0.05, 0) is 44.0 Å². The van der Waals surface area contributed by atoms with E-state index in [1.54, 1.807) is 0 Å². The minimum Gasteiger partial charge on any atom is -0.494 e. The number of rotatable bonds is 11. The van der Waals surface area contributed by atoms with Crippen LogP contribution >= 0.6 is 0 Å². The molecular formula is C18H31NO. The van der Waals surface area contributed by atoms with Crippen LogP contribution in [0.2, 0.25) is 0 Å². The molecule has 0 aromatic heterocycles. The van der Waals surface area contributed by atoms with E-state index in [0.717, 1.165) is 25.3 Å². The highest BCUT2D eigenvalue weighted by atomic mass is 16.5. The van der Waals surface area contributed by atoms with E-state index in [2.05, 4.69) is 44.3 Å². The van der Waals surface area contributed by atoms with Crippen LogP contribution in [0.4, 0.5) is 0 Å². The second-order valence-electron chi connectivity index (χ2n) is 5.56. The summed E-state index contributed by atoms with van der Waals surface area (Å²) < 4.78 is 5.85. The standard InChI is InChI=1S/C18H31NO/c1-4-6-7-8-11-17(19-5-2)13-14-20-18-12-9-10-16(3)15-18/h9-10,12,15,17,19H,4-8,11,13-14H2,1-3H3. The van der Waals surface area contributed by atoms with Crippen LogP contribution in [0.1, 0.15) is 57.9 Å². The summed E-state index contributed by atoms with van der Waals surface area (Å²) in [6.07, 6.45) is 7.72. The zero-order chi connectivity index (χ0) is 14.6. The van der Waals surface area contributed by atoms with Crippen LogP contribution in [-0.2, 0) is 0 Å². The van der Waals surface area contributed by atoms with Crippen molar-refractivity contribution >= 4 is 0 Å². The summed E-state index contributed by atoms with van der Waals surface area (Å²) in [6.45, 7) is 8.39. The summed E-state index contributed by atoms with van der Waals surface area (Å²) in [6, 6.07) is 8.89. The van der Waals surface area contributed by atoms with Gasteiger partial charge in [-0.25, -0.2) is 0 Å². The zero-order valence-corrected chi connectivity index (χ0v) is 13.5. The van der Waals surface area contributed by atoms with Crippen molar-refractivity contribution in [1.82, 2.24) is 5.32 Å². The molecule has 0 radical (unpaired) electrons. The van der Waals surface area contributed by atoms with Crippen molar-refractivity contribution in [2.45, 2.75) is 65.3 Å². The van der Waals surface area contributed by atoms with Crippen molar-refractivity contribution in [3.05, 3.63) is 29.8 Å². The first-order valence-electron chi connectivity index (χ1n) is 8.19. The molecule has 1 atom stereocenters. The average Bonchev–Trinajstić information content (AvgIpc) is 2.43. The Morgan fingerprint density at radius 2 is 1.95 bits per heavy atom. The number of unbranched alkanes of at least 4 members (excludes halogenated alkanes) is 3. The van der Waals surface area contributed by atoms with Crippen LogP contribution in [0.25, 0.3) is 0 Å². The van der Waals surface area contributed by atoms with Crippen molar-refractivity contribution in [2.75, 3.05) is 13.2 Å². The Hall–Kier alpha value is -1.02. The minimum atomic E-state index is 0.599. The normalized spacial score (nSPS) is 12.3. The second kappa shape index (κ2) is 10.7. The van der Waals surface area contributed by atoms with Crippen LogP contribution in [0.15, 0.2) is 24.3 Å². The molecule has 1 unspecified atom stereocenters. The lowest BCUT2D eigenvalue weighted by molar-refractivity contribution is 0.279. The SMILES string of the molecule is CCCCCCC(CCOc1cccc(C)c1)NCC. The molecular weight excluding hydrogens is 246 g/mol. The quantitative estimate of drug-likeness (QED) is 0.591. The summed E-state index contributed by atoms with van der Waals surface area (Å²) in [5.41, 5.74) is 1.25. The molecule has 0 heterocycles. The molecule has 1 rings (SSSR count). The van der Waals surface area contributed by atoms with E-state index in [0.29, 0.717) is 6.04 Å². The summed E-state index contributed by atoms with van der Waals surface area (Å²) >= 11 is 0. The van der Waals surface area contributed by atoms with Gasteiger partial charge in [-0.15, -0.1) is 0 Å². The fraction of sp³-hybridized carbons (Fsp3) is 0.667. The van der Waals surface area contributed by atoms with E-state index >= 15 is 0 Å². The second-order valence-corrected chi connectivity index (χ2v) is 5.56. The van der Waals surface area contributed by atoms with Crippen LogP contribution in [0.3, 0.4) is 0 Å². The monoisotopic (exact) mass is 277 g/mol. The smallest absolute Gasteiger partial charge is 0.119 e. The van der Waals surface area contributed by atoms with Gasteiger partial charge in [-0.2, -0.15) is 0 Å². The number of hydrogen-bond donors (Lipinski definition) is 1. The molecule has 2 nitrogen and oxygen atoms in total. The molecule has 20 heavy (non-hydrogen) atoms. The number of benzene rings is 1. The number of hydrogen-bond acceptors (Lipinski definition) is 2. The van der Waals surface area contributed by atoms with Gasteiger partial charge in [0.15, 0.2) is 0 Å². The lowest BCUT2D eigenvalue weighted by Gasteiger charge is -2.18. The summed E-state index contributed by atoms with van der Waals surface area (Å²) in [7, 11) is 0. The molecule has 1 aromatic rings. The van der Waals surface area contributed by atoms with Crippen LogP contribution < -0.4 is 10.1 Å². The topological polar surface area (TPSA) is 21.3 Å². The number of aryl methyl sites for hydroxylation is 1. The summed E-state index contributed by atoms with van der Waals surface area (Å²) in [5.74, 6) is 0.992. The molecule has 114 valence electrons. The molecule has 0 saturated heterocycles. The minimum absolute atomic E-state index is 0.599. The van der Waals surface area contributed by atoms with Gasteiger partial charge in [0.25, 0.3) is 0 Å². The van der Waals surface area contributed by atoms with Crippen LogP contribution in [0.5, 0.6) is 5.75 Å². The van der Waals surface area contributed by atoms with Gasteiger partial charge < -0.3 is 10.1 Å². The van der Waals surface area contributed by atoms with E-state index in [4.69, 9.17) is 4.74 Å². The third-order valence-corrected chi connectivity index (χ3v) is 3.62. The van der Waals surface area contributed by atoms with Crippen molar-refractivity contribution in [2.24, 2.45) is 0 Å². The predicted octanol–water partition coefficient (Wildman–Crippen LogP) is 4.71. The molecule has 0 aliphatic heterocycles. The summed E-state index contributed by atoms with van der Waals surface area (Å²) in [4.78, 5) is 0. The van der Waals surface area contributed by atoms with Gasteiger partial charge in [0.05, 0.1) is 6.61 Å². The van der Waals surface area contributed by atoms with Crippen LogP contribution in [0, 0.1) is 6.92 Å². The molecule has 0 aliphatic rings. The van der Waals surface area contributed by atoms with Crippen molar-refractivity contribution in [1.29, 1.82) is 0 Å². The molecule has 1 N–H and O–H groups in total. The Morgan fingerprint density at radius 3 is 2.65 bits per heavy atom. The molecule has 0 bridgehead atoms. The molecule has 1 aromatic carbocycles. The van der Waals surface area contributed by atoms with Gasteiger partial charge in [0.1, 0.15) is 5.75 Å². The van der Waals surface area contributed by atoms with Crippen molar-refractivity contribution < 1.29 is 4.74 Å². The van der Waals surface area contributed by atoms with Gasteiger partial charge in [-0.1, -0.05) is 51.7 Å². The maximum atomic E-state index is 5.85. The molecule has 0 spiro atoms. The third kappa shape index (κ3) is 7.54. The first kappa shape index (κ1) is 17.0. The van der Waals surface area contributed by atoms with Crippen molar-refractivity contribution in [3.8, 4) is 5.75 Å². The van der Waals surface area contributed by atoms with E-state index in [1.807, 2.05) is 6.07 Å². The molecule has 0 amide bonds. The Labute approximate surface area is 124 Å². The highest BCUT2D eigenvalue weighted by Gasteiger charge is 2.07. The fourth-order valence-electron chi connectivity index (χ4n) is 2.48. The largest absolute Gasteiger partial charge is 0.494 e. The first-order chi connectivity index (χ1) is 9.76.